The number of imidazole rings is 1. The summed E-state index contributed by atoms with van der Waals surface area (Å²) in [6.45, 7) is 1.95. The number of rotatable bonds is 2. The largest absolute Gasteiger partial charge is 0.288 e. The molecule has 0 aliphatic carbocycles. The van der Waals surface area contributed by atoms with Crippen LogP contribution < -0.4 is 0 Å². The van der Waals surface area contributed by atoms with E-state index in [2.05, 4.69) is 34.2 Å². The van der Waals surface area contributed by atoms with Gasteiger partial charge in [-0.1, -0.05) is 66.2 Å². The summed E-state index contributed by atoms with van der Waals surface area (Å²) in [5, 5.41) is 2.64. The maximum Gasteiger partial charge on any atom is 0.147 e. The average molecular weight is 320 g/mol. The summed E-state index contributed by atoms with van der Waals surface area (Å²) in [6.07, 6.45) is 3.67. The normalized spacial score (nSPS) is 11.0. The summed E-state index contributed by atoms with van der Waals surface area (Å²) in [5.41, 5.74) is 2.03. The Morgan fingerprint density at radius 3 is 2.30 bits per heavy atom. The molecule has 2 aromatic carbocycles. The fourth-order valence-corrected chi connectivity index (χ4v) is 3.17. The molecular weight excluding hydrogens is 306 g/mol. The Labute approximate surface area is 139 Å². The highest BCUT2D eigenvalue weighted by Crippen LogP contribution is 2.36. The SMILES string of the molecule is Cc1nccn1-c1nc(Cl)c(-c2ccccc2)c2ccccc12. The summed E-state index contributed by atoms with van der Waals surface area (Å²) < 4.78 is 1.96. The number of aromatic nitrogens is 3. The van der Waals surface area contributed by atoms with Gasteiger partial charge in [0.25, 0.3) is 0 Å². The second kappa shape index (κ2) is 5.52. The highest BCUT2D eigenvalue weighted by atomic mass is 35.5. The number of hydrogen-bond donors (Lipinski definition) is 0. The van der Waals surface area contributed by atoms with Crippen LogP contribution in [-0.4, -0.2) is 14.5 Å². The van der Waals surface area contributed by atoms with Crippen LogP contribution in [0.1, 0.15) is 5.82 Å². The molecule has 4 heteroatoms. The molecule has 0 fully saturated rings. The Bertz CT molecular complexity index is 990. The lowest BCUT2D eigenvalue weighted by Gasteiger charge is -2.14. The molecule has 0 amide bonds. The van der Waals surface area contributed by atoms with Gasteiger partial charge >= 0.3 is 0 Å². The van der Waals surface area contributed by atoms with Gasteiger partial charge in [0.05, 0.1) is 0 Å². The fourth-order valence-electron chi connectivity index (χ4n) is 2.88. The highest BCUT2D eigenvalue weighted by Gasteiger charge is 2.15. The first kappa shape index (κ1) is 14.0. The smallest absolute Gasteiger partial charge is 0.147 e. The Kier molecular flexibility index (Phi) is 3.36. The molecule has 0 unspecified atom stereocenters. The Morgan fingerprint density at radius 1 is 0.913 bits per heavy atom. The summed E-state index contributed by atoms with van der Waals surface area (Å²) in [6, 6.07) is 18.3. The van der Waals surface area contributed by atoms with Gasteiger partial charge in [-0.2, -0.15) is 0 Å². The molecule has 2 aromatic heterocycles. The topological polar surface area (TPSA) is 30.7 Å². The van der Waals surface area contributed by atoms with E-state index in [9.17, 15) is 0 Å². The number of halogens is 1. The van der Waals surface area contributed by atoms with Crippen molar-refractivity contribution < 1.29 is 0 Å². The van der Waals surface area contributed by atoms with E-state index in [0.717, 1.165) is 33.5 Å². The van der Waals surface area contributed by atoms with Gasteiger partial charge in [0.1, 0.15) is 16.8 Å². The van der Waals surface area contributed by atoms with E-state index in [1.807, 2.05) is 48.0 Å². The lowest BCUT2D eigenvalue weighted by molar-refractivity contribution is 0.944. The first-order valence-electron chi connectivity index (χ1n) is 7.39. The third kappa shape index (κ3) is 2.30. The van der Waals surface area contributed by atoms with E-state index in [1.54, 1.807) is 6.20 Å². The zero-order valence-electron chi connectivity index (χ0n) is 12.6. The highest BCUT2D eigenvalue weighted by molar-refractivity contribution is 6.34. The predicted molar refractivity (Wildman–Crippen MR) is 94.0 cm³/mol. The zero-order chi connectivity index (χ0) is 15.8. The van der Waals surface area contributed by atoms with Gasteiger partial charge in [-0.05, 0) is 17.9 Å². The molecule has 0 aliphatic rings. The van der Waals surface area contributed by atoms with Crippen molar-refractivity contribution in [3.63, 3.8) is 0 Å². The van der Waals surface area contributed by atoms with Gasteiger partial charge in [-0.3, -0.25) is 4.57 Å². The van der Waals surface area contributed by atoms with Crippen LogP contribution in [0.4, 0.5) is 0 Å². The molecule has 4 rings (SSSR count). The minimum absolute atomic E-state index is 0.498. The van der Waals surface area contributed by atoms with Gasteiger partial charge in [0, 0.05) is 23.3 Å². The molecule has 0 radical (unpaired) electrons. The molecule has 0 saturated heterocycles. The second-order valence-corrected chi connectivity index (χ2v) is 5.72. The van der Waals surface area contributed by atoms with Crippen molar-refractivity contribution in [3.8, 4) is 16.9 Å². The molecule has 112 valence electrons. The molecular formula is C19H14ClN3. The van der Waals surface area contributed by atoms with Crippen LogP contribution >= 0.6 is 11.6 Å². The molecule has 0 N–H and O–H groups in total. The molecule has 3 nitrogen and oxygen atoms in total. The maximum atomic E-state index is 6.57. The van der Waals surface area contributed by atoms with Gasteiger partial charge < -0.3 is 0 Å². The number of pyridine rings is 1. The maximum absolute atomic E-state index is 6.57. The summed E-state index contributed by atoms with van der Waals surface area (Å²) in [5.74, 6) is 1.69. The van der Waals surface area contributed by atoms with Gasteiger partial charge in [0.2, 0.25) is 0 Å². The molecule has 0 atom stereocenters. The number of hydrogen-bond acceptors (Lipinski definition) is 2. The summed E-state index contributed by atoms with van der Waals surface area (Å²) >= 11 is 6.57. The van der Waals surface area contributed by atoms with Crippen LogP contribution in [0.15, 0.2) is 67.0 Å². The quantitative estimate of drug-likeness (QED) is 0.484. The summed E-state index contributed by atoms with van der Waals surface area (Å²) in [7, 11) is 0. The zero-order valence-corrected chi connectivity index (χ0v) is 13.3. The Hall–Kier alpha value is -2.65. The monoisotopic (exact) mass is 319 g/mol. The number of benzene rings is 2. The third-order valence-electron chi connectivity index (χ3n) is 3.96. The van der Waals surface area contributed by atoms with E-state index in [0.29, 0.717) is 5.15 Å². The predicted octanol–water partition coefficient (Wildman–Crippen LogP) is 5.05. The van der Waals surface area contributed by atoms with Crippen LogP contribution in [0.2, 0.25) is 5.15 Å². The average Bonchev–Trinajstić information content (AvgIpc) is 3.01. The van der Waals surface area contributed by atoms with Crippen molar-refractivity contribution in [3.05, 3.63) is 78.0 Å². The minimum Gasteiger partial charge on any atom is -0.288 e. The molecule has 0 spiro atoms. The van der Waals surface area contributed by atoms with E-state index in [-0.39, 0.29) is 0 Å². The van der Waals surface area contributed by atoms with Gasteiger partial charge in [-0.25, -0.2) is 9.97 Å². The van der Waals surface area contributed by atoms with Crippen molar-refractivity contribution in [1.29, 1.82) is 0 Å². The molecule has 23 heavy (non-hydrogen) atoms. The lowest BCUT2D eigenvalue weighted by atomic mass is 10.0. The van der Waals surface area contributed by atoms with Crippen LogP contribution in [0.25, 0.3) is 27.7 Å². The molecule has 0 aliphatic heterocycles. The van der Waals surface area contributed by atoms with E-state index < -0.39 is 0 Å². The Morgan fingerprint density at radius 2 is 1.61 bits per heavy atom. The molecule has 2 heterocycles. The van der Waals surface area contributed by atoms with E-state index >= 15 is 0 Å². The van der Waals surface area contributed by atoms with Crippen molar-refractivity contribution in [2.75, 3.05) is 0 Å². The van der Waals surface area contributed by atoms with Crippen LogP contribution in [-0.2, 0) is 0 Å². The standard InChI is InChI=1S/C19H14ClN3/c1-13-21-11-12-23(13)19-16-10-6-5-9-15(16)17(18(20)22-19)14-7-3-2-4-8-14/h2-12H,1H3. The van der Waals surface area contributed by atoms with E-state index in [4.69, 9.17) is 11.6 Å². The first-order chi connectivity index (χ1) is 11.3. The van der Waals surface area contributed by atoms with Crippen molar-refractivity contribution in [2.24, 2.45) is 0 Å². The molecule has 0 bridgehead atoms. The fraction of sp³-hybridized carbons (Fsp3) is 0.0526. The van der Waals surface area contributed by atoms with Crippen molar-refractivity contribution >= 4 is 22.4 Å². The number of fused-ring (bicyclic) bond motifs is 1. The second-order valence-electron chi connectivity index (χ2n) is 5.36. The number of aryl methyl sites for hydroxylation is 1. The Balaban J connectivity index is 2.09. The minimum atomic E-state index is 0.498. The van der Waals surface area contributed by atoms with Crippen LogP contribution in [0.5, 0.6) is 0 Å². The van der Waals surface area contributed by atoms with Crippen molar-refractivity contribution in [1.82, 2.24) is 14.5 Å². The van der Waals surface area contributed by atoms with Gasteiger partial charge in [0.15, 0.2) is 0 Å². The van der Waals surface area contributed by atoms with E-state index in [1.165, 1.54) is 0 Å². The molecule has 0 saturated carbocycles. The first-order valence-corrected chi connectivity index (χ1v) is 7.77. The van der Waals surface area contributed by atoms with Crippen LogP contribution in [0.3, 0.4) is 0 Å². The van der Waals surface area contributed by atoms with Crippen LogP contribution in [0, 0.1) is 6.92 Å². The van der Waals surface area contributed by atoms with Gasteiger partial charge in [-0.15, -0.1) is 0 Å². The molecule has 4 aromatic rings. The number of nitrogens with zero attached hydrogens (tertiary/aromatic N) is 3. The third-order valence-corrected chi connectivity index (χ3v) is 4.24. The summed E-state index contributed by atoms with van der Waals surface area (Å²) in [4.78, 5) is 8.96. The lowest BCUT2D eigenvalue weighted by Crippen LogP contribution is -2.01. The van der Waals surface area contributed by atoms with Crippen molar-refractivity contribution in [2.45, 2.75) is 6.92 Å².